The molecule has 0 radical (unpaired) electrons. The van der Waals surface area contributed by atoms with Gasteiger partial charge in [-0.2, -0.15) is 0 Å². The fourth-order valence-electron chi connectivity index (χ4n) is 2.28. The molecular formula is C14H17BrN2O2S2. The van der Waals surface area contributed by atoms with E-state index in [1.54, 1.807) is 19.9 Å². The zero-order valence-corrected chi connectivity index (χ0v) is 15.2. The molecule has 0 aliphatic heterocycles. The number of nitrogens with two attached hydrogens (primary N) is 1. The van der Waals surface area contributed by atoms with Gasteiger partial charge in [-0.05, 0) is 59.5 Å². The highest BCUT2D eigenvalue weighted by atomic mass is 79.9. The van der Waals surface area contributed by atoms with Crippen molar-refractivity contribution in [1.29, 1.82) is 0 Å². The Morgan fingerprint density at radius 1 is 1.24 bits per heavy atom. The van der Waals surface area contributed by atoms with Crippen LogP contribution < -0.4 is 10.5 Å². The number of hydrogen-bond acceptors (Lipinski definition) is 4. The molecule has 0 spiro atoms. The molecule has 4 nitrogen and oxygen atoms in total. The van der Waals surface area contributed by atoms with E-state index in [0.29, 0.717) is 16.8 Å². The van der Waals surface area contributed by atoms with Gasteiger partial charge >= 0.3 is 0 Å². The highest BCUT2D eigenvalue weighted by Crippen LogP contribution is 2.28. The fourth-order valence-corrected chi connectivity index (χ4v) is 5.25. The maximum absolute atomic E-state index is 12.5. The topological polar surface area (TPSA) is 72.2 Å². The highest BCUT2D eigenvalue weighted by molar-refractivity contribution is 9.10. The van der Waals surface area contributed by atoms with Gasteiger partial charge in [-0.15, -0.1) is 11.3 Å². The third-order valence-electron chi connectivity index (χ3n) is 3.29. The zero-order valence-electron chi connectivity index (χ0n) is 12.0. The number of nitrogen functional groups attached to an aromatic ring is 1. The summed E-state index contributed by atoms with van der Waals surface area (Å²) in [6.07, 6.45) is 0. The smallest absolute Gasteiger partial charge is 0.241 e. The molecule has 0 aliphatic carbocycles. The van der Waals surface area contributed by atoms with Crippen molar-refractivity contribution in [3.63, 3.8) is 0 Å². The standard InChI is InChI=1S/C14H17BrN2O2S2/c1-8-4-9(2)14(10(3)13(8)16)21(18,19)17-6-12-5-11(15)7-20-12/h4-5,7,17H,6,16H2,1-3H3. The molecule has 0 amide bonds. The number of hydrogen-bond donors (Lipinski definition) is 2. The van der Waals surface area contributed by atoms with E-state index < -0.39 is 10.0 Å². The highest BCUT2D eigenvalue weighted by Gasteiger charge is 2.21. The third-order valence-corrected chi connectivity index (χ3v) is 6.68. The fraction of sp³-hybridized carbons (Fsp3) is 0.286. The van der Waals surface area contributed by atoms with E-state index in [2.05, 4.69) is 20.7 Å². The van der Waals surface area contributed by atoms with Gasteiger partial charge in [0.15, 0.2) is 0 Å². The maximum Gasteiger partial charge on any atom is 0.241 e. The van der Waals surface area contributed by atoms with Crippen LogP contribution in [0.2, 0.25) is 0 Å². The van der Waals surface area contributed by atoms with Crippen LogP contribution in [-0.2, 0) is 16.6 Å². The van der Waals surface area contributed by atoms with Gasteiger partial charge in [-0.25, -0.2) is 13.1 Å². The number of nitrogens with one attached hydrogen (secondary N) is 1. The lowest BCUT2D eigenvalue weighted by Crippen LogP contribution is -2.25. The lowest BCUT2D eigenvalue weighted by molar-refractivity contribution is 0.580. The average Bonchev–Trinajstić information content (AvgIpc) is 2.79. The number of aryl methyl sites for hydroxylation is 2. The maximum atomic E-state index is 12.5. The Labute approximate surface area is 137 Å². The van der Waals surface area contributed by atoms with E-state index in [1.807, 2.05) is 18.4 Å². The van der Waals surface area contributed by atoms with Gasteiger partial charge < -0.3 is 5.73 Å². The predicted octanol–water partition coefficient (Wildman–Crippen LogP) is 3.50. The molecule has 0 atom stereocenters. The summed E-state index contributed by atoms with van der Waals surface area (Å²) in [5.74, 6) is 0. The minimum absolute atomic E-state index is 0.269. The molecular weight excluding hydrogens is 372 g/mol. The Morgan fingerprint density at radius 3 is 2.48 bits per heavy atom. The number of rotatable bonds is 4. The first-order valence-corrected chi connectivity index (χ1v) is 9.47. The Morgan fingerprint density at radius 2 is 1.90 bits per heavy atom. The Hall–Kier alpha value is -0.890. The molecule has 0 saturated heterocycles. The number of halogens is 1. The van der Waals surface area contributed by atoms with E-state index in [1.165, 1.54) is 11.3 Å². The van der Waals surface area contributed by atoms with Crippen LogP contribution >= 0.6 is 27.3 Å². The van der Waals surface area contributed by atoms with Crippen molar-refractivity contribution in [2.45, 2.75) is 32.2 Å². The van der Waals surface area contributed by atoms with E-state index in [9.17, 15) is 8.42 Å². The summed E-state index contributed by atoms with van der Waals surface area (Å²) in [6, 6.07) is 3.70. The Balaban J connectivity index is 2.34. The molecule has 1 aromatic heterocycles. The van der Waals surface area contributed by atoms with Gasteiger partial charge in [0.05, 0.1) is 4.90 Å². The summed E-state index contributed by atoms with van der Waals surface area (Å²) in [6.45, 7) is 5.68. The summed E-state index contributed by atoms with van der Waals surface area (Å²) in [4.78, 5) is 1.22. The monoisotopic (exact) mass is 388 g/mol. The van der Waals surface area contributed by atoms with Crippen molar-refractivity contribution in [2.24, 2.45) is 0 Å². The van der Waals surface area contributed by atoms with E-state index in [0.717, 1.165) is 14.9 Å². The molecule has 1 aromatic carbocycles. The van der Waals surface area contributed by atoms with Gasteiger partial charge in [-0.1, -0.05) is 6.07 Å². The first kappa shape index (κ1) is 16.5. The molecule has 3 N–H and O–H groups in total. The summed E-state index contributed by atoms with van der Waals surface area (Å²) < 4.78 is 28.7. The van der Waals surface area contributed by atoms with Gasteiger partial charge in [0.25, 0.3) is 0 Å². The normalized spacial score (nSPS) is 11.8. The number of sulfonamides is 1. The summed E-state index contributed by atoms with van der Waals surface area (Å²) >= 11 is 4.86. The van der Waals surface area contributed by atoms with Crippen LogP contribution in [0.1, 0.15) is 21.6 Å². The lowest BCUT2D eigenvalue weighted by atomic mass is 10.1. The van der Waals surface area contributed by atoms with Gasteiger partial charge in [0.1, 0.15) is 0 Å². The van der Waals surface area contributed by atoms with Gasteiger partial charge in [-0.3, -0.25) is 0 Å². The quantitative estimate of drug-likeness (QED) is 0.787. The first-order chi connectivity index (χ1) is 9.72. The molecule has 0 fully saturated rings. The van der Waals surface area contributed by atoms with Crippen molar-refractivity contribution in [2.75, 3.05) is 5.73 Å². The van der Waals surface area contributed by atoms with Gasteiger partial charge in [0.2, 0.25) is 10.0 Å². The van der Waals surface area contributed by atoms with Crippen LogP contribution in [0.25, 0.3) is 0 Å². The zero-order chi connectivity index (χ0) is 15.8. The molecule has 0 unspecified atom stereocenters. The number of benzene rings is 1. The van der Waals surface area contributed by atoms with Crippen LogP contribution in [0.5, 0.6) is 0 Å². The van der Waals surface area contributed by atoms with Crippen LogP contribution in [0.4, 0.5) is 5.69 Å². The van der Waals surface area contributed by atoms with Gasteiger partial charge in [0, 0.05) is 27.0 Å². The van der Waals surface area contributed by atoms with E-state index >= 15 is 0 Å². The molecule has 0 saturated carbocycles. The van der Waals surface area contributed by atoms with Crippen LogP contribution in [0.15, 0.2) is 26.9 Å². The summed E-state index contributed by atoms with van der Waals surface area (Å²) in [5.41, 5.74) is 8.70. The minimum atomic E-state index is -3.59. The third kappa shape index (κ3) is 3.48. The molecule has 0 bridgehead atoms. The molecule has 0 aliphatic rings. The second-order valence-electron chi connectivity index (χ2n) is 4.93. The molecule has 21 heavy (non-hydrogen) atoms. The van der Waals surface area contributed by atoms with Crippen LogP contribution in [-0.4, -0.2) is 8.42 Å². The summed E-state index contributed by atoms with van der Waals surface area (Å²) in [5, 5.41) is 1.92. The first-order valence-electron chi connectivity index (χ1n) is 6.31. The van der Waals surface area contributed by atoms with Crippen molar-refractivity contribution in [3.8, 4) is 0 Å². The summed E-state index contributed by atoms with van der Waals surface area (Å²) in [7, 11) is -3.59. The predicted molar refractivity (Wildman–Crippen MR) is 91.1 cm³/mol. The van der Waals surface area contributed by atoms with E-state index in [-0.39, 0.29) is 11.4 Å². The van der Waals surface area contributed by atoms with Crippen molar-refractivity contribution in [1.82, 2.24) is 4.72 Å². The molecule has 1 heterocycles. The molecule has 7 heteroatoms. The van der Waals surface area contributed by atoms with Crippen molar-refractivity contribution < 1.29 is 8.42 Å². The Bertz CT molecular complexity index is 783. The van der Waals surface area contributed by atoms with Crippen LogP contribution in [0.3, 0.4) is 0 Å². The minimum Gasteiger partial charge on any atom is -0.398 e. The number of anilines is 1. The van der Waals surface area contributed by atoms with E-state index in [4.69, 9.17) is 5.73 Å². The Kier molecular flexibility index (Phi) is 4.77. The molecule has 2 rings (SSSR count). The van der Waals surface area contributed by atoms with Crippen molar-refractivity contribution in [3.05, 3.63) is 43.6 Å². The second kappa shape index (κ2) is 6.08. The molecule has 2 aromatic rings. The van der Waals surface area contributed by atoms with Crippen molar-refractivity contribution >= 4 is 43.0 Å². The van der Waals surface area contributed by atoms with Crippen LogP contribution in [0, 0.1) is 20.8 Å². The second-order valence-corrected chi connectivity index (χ2v) is 8.55. The molecule has 114 valence electrons. The average molecular weight is 389 g/mol. The lowest BCUT2D eigenvalue weighted by Gasteiger charge is -2.15. The largest absolute Gasteiger partial charge is 0.398 e. The SMILES string of the molecule is Cc1cc(C)c(S(=O)(=O)NCc2cc(Br)cs2)c(C)c1N. The number of thiophene rings is 1.